The van der Waals surface area contributed by atoms with E-state index in [2.05, 4.69) is 0 Å². The van der Waals surface area contributed by atoms with E-state index in [0.29, 0.717) is 11.7 Å². The van der Waals surface area contributed by atoms with Gasteiger partial charge in [0.1, 0.15) is 0 Å². The molecule has 2 N–H and O–H groups in total. The van der Waals surface area contributed by atoms with Gasteiger partial charge in [-0.3, -0.25) is 4.79 Å². The summed E-state index contributed by atoms with van der Waals surface area (Å²) in [4.78, 5) is 13.9. The van der Waals surface area contributed by atoms with Crippen LogP contribution in [0.2, 0.25) is 0 Å². The van der Waals surface area contributed by atoms with Crippen molar-refractivity contribution in [1.29, 1.82) is 0 Å². The van der Waals surface area contributed by atoms with Crippen LogP contribution in [0, 0.1) is 6.92 Å². The molecule has 3 heteroatoms. The fourth-order valence-electron chi connectivity index (χ4n) is 1.69. The first-order valence-electron chi connectivity index (χ1n) is 5.23. The van der Waals surface area contributed by atoms with Gasteiger partial charge in [0.25, 0.3) is 5.91 Å². The highest BCUT2D eigenvalue weighted by Gasteiger charge is 2.30. The lowest BCUT2D eigenvalue weighted by Gasteiger charge is -2.17. The maximum Gasteiger partial charge on any atom is 0.254 e. The van der Waals surface area contributed by atoms with Gasteiger partial charge in [0, 0.05) is 24.3 Å². The van der Waals surface area contributed by atoms with Gasteiger partial charge in [-0.2, -0.15) is 0 Å². The van der Waals surface area contributed by atoms with E-state index < -0.39 is 0 Å². The third-order valence-corrected chi connectivity index (χ3v) is 2.91. The van der Waals surface area contributed by atoms with Gasteiger partial charge >= 0.3 is 0 Å². The summed E-state index contributed by atoms with van der Waals surface area (Å²) < 4.78 is 0. The third kappa shape index (κ3) is 1.96. The largest absolute Gasteiger partial charge is 0.399 e. The van der Waals surface area contributed by atoms with Crippen molar-refractivity contribution in [2.75, 3.05) is 12.8 Å². The number of rotatable bonds is 2. The van der Waals surface area contributed by atoms with Crippen molar-refractivity contribution in [3.8, 4) is 0 Å². The van der Waals surface area contributed by atoms with E-state index in [1.807, 2.05) is 31.0 Å². The number of carbonyl (C=O) groups excluding carboxylic acids is 1. The Bertz CT molecular complexity index is 397. The van der Waals surface area contributed by atoms with Crippen molar-refractivity contribution in [3.63, 3.8) is 0 Å². The Morgan fingerprint density at radius 1 is 1.47 bits per heavy atom. The van der Waals surface area contributed by atoms with E-state index in [4.69, 9.17) is 5.73 Å². The summed E-state index contributed by atoms with van der Waals surface area (Å²) in [5.74, 6) is 0.0855. The molecule has 0 bridgehead atoms. The first kappa shape index (κ1) is 10.0. The smallest absolute Gasteiger partial charge is 0.254 e. The molecule has 0 unspecified atom stereocenters. The maximum atomic E-state index is 12.1. The molecule has 3 nitrogen and oxygen atoms in total. The van der Waals surface area contributed by atoms with Crippen molar-refractivity contribution in [3.05, 3.63) is 29.3 Å². The number of hydrogen-bond donors (Lipinski definition) is 1. The van der Waals surface area contributed by atoms with Gasteiger partial charge < -0.3 is 10.6 Å². The van der Waals surface area contributed by atoms with Crippen LogP contribution in [0.3, 0.4) is 0 Å². The Morgan fingerprint density at radius 2 is 2.13 bits per heavy atom. The zero-order chi connectivity index (χ0) is 11.0. The van der Waals surface area contributed by atoms with Crippen LogP contribution < -0.4 is 5.73 Å². The summed E-state index contributed by atoms with van der Waals surface area (Å²) in [7, 11) is 1.86. The van der Waals surface area contributed by atoms with Gasteiger partial charge in [-0.05, 0) is 37.5 Å². The van der Waals surface area contributed by atoms with E-state index in [0.717, 1.165) is 24.0 Å². The Hall–Kier alpha value is -1.51. The summed E-state index contributed by atoms with van der Waals surface area (Å²) in [6.07, 6.45) is 2.26. The van der Waals surface area contributed by atoms with Crippen molar-refractivity contribution in [1.82, 2.24) is 4.90 Å². The zero-order valence-corrected chi connectivity index (χ0v) is 9.16. The quantitative estimate of drug-likeness (QED) is 0.747. The SMILES string of the molecule is Cc1ccc(N)cc1C(=O)N(C)C1CC1. The minimum absolute atomic E-state index is 0.0855. The van der Waals surface area contributed by atoms with E-state index in [-0.39, 0.29) is 5.91 Å². The number of nitrogen functional groups attached to an aromatic ring is 1. The molecule has 0 heterocycles. The maximum absolute atomic E-state index is 12.1. The van der Waals surface area contributed by atoms with Crippen LogP contribution in [-0.2, 0) is 0 Å². The number of nitrogens with two attached hydrogens (primary N) is 1. The highest BCUT2D eigenvalue weighted by molar-refractivity contribution is 5.96. The van der Waals surface area contributed by atoms with Crippen LogP contribution in [0.15, 0.2) is 18.2 Å². The molecule has 1 aliphatic rings. The molecule has 0 aromatic heterocycles. The van der Waals surface area contributed by atoms with Crippen LogP contribution in [0.1, 0.15) is 28.8 Å². The molecule has 2 rings (SSSR count). The molecule has 80 valence electrons. The molecule has 0 spiro atoms. The molecule has 1 saturated carbocycles. The minimum Gasteiger partial charge on any atom is -0.399 e. The van der Waals surface area contributed by atoms with E-state index >= 15 is 0 Å². The second-order valence-electron chi connectivity index (χ2n) is 4.22. The number of benzene rings is 1. The standard InChI is InChI=1S/C12H16N2O/c1-8-3-4-9(13)7-11(8)12(15)14(2)10-5-6-10/h3-4,7,10H,5-6,13H2,1-2H3. The first-order valence-corrected chi connectivity index (χ1v) is 5.23. The second-order valence-corrected chi connectivity index (χ2v) is 4.22. The molecule has 15 heavy (non-hydrogen) atoms. The average molecular weight is 204 g/mol. The molecule has 1 amide bonds. The van der Waals surface area contributed by atoms with Crippen LogP contribution in [0.5, 0.6) is 0 Å². The molecular weight excluding hydrogens is 188 g/mol. The number of amides is 1. The van der Waals surface area contributed by atoms with E-state index in [9.17, 15) is 4.79 Å². The van der Waals surface area contributed by atoms with Crippen molar-refractivity contribution >= 4 is 11.6 Å². The third-order valence-electron chi connectivity index (χ3n) is 2.91. The fraction of sp³-hybridized carbons (Fsp3) is 0.417. The molecule has 0 aliphatic heterocycles. The molecule has 1 aromatic rings. The van der Waals surface area contributed by atoms with Gasteiger partial charge in [-0.1, -0.05) is 6.07 Å². The number of carbonyl (C=O) groups is 1. The van der Waals surface area contributed by atoms with Gasteiger partial charge in [-0.25, -0.2) is 0 Å². The molecule has 1 aromatic carbocycles. The Balaban J connectivity index is 2.27. The molecule has 1 aliphatic carbocycles. The lowest BCUT2D eigenvalue weighted by Crippen LogP contribution is -2.29. The lowest BCUT2D eigenvalue weighted by atomic mass is 10.1. The summed E-state index contributed by atoms with van der Waals surface area (Å²) in [5, 5.41) is 0. The number of aryl methyl sites for hydroxylation is 1. The van der Waals surface area contributed by atoms with E-state index in [1.165, 1.54) is 0 Å². The molecule has 0 radical (unpaired) electrons. The van der Waals surface area contributed by atoms with Crippen molar-refractivity contribution in [2.45, 2.75) is 25.8 Å². The normalized spacial score (nSPS) is 15.1. The highest BCUT2D eigenvalue weighted by Crippen LogP contribution is 2.27. The van der Waals surface area contributed by atoms with E-state index in [1.54, 1.807) is 6.07 Å². The molecule has 0 atom stereocenters. The average Bonchev–Trinajstić information content (AvgIpc) is 3.03. The monoisotopic (exact) mass is 204 g/mol. The zero-order valence-electron chi connectivity index (χ0n) is 9.16. The Labute approximate surface area is 89.9 Å². The van der Waals surface area contributed by atoms with Crippen molar-refractivity contribution < 1.29 is 4.79 Å². The summed E-state index contributed by atoms with van der Waals surface area (Å²) >= 11 is 0. The lowest BCUT2D eigenvalue weighted by molar-refractivity contribution is 0.0784. The molecule has 0 saturated heterocycles. The number of anilines is 1. The molecular formula is C12H16N2O. The second kappa shape index (κ2) is 3.57. The minimum atomic E-state index is 0.0855. The fourth-order valence-corrected chi connectivity index (χ4v) is 1.69. The first-order chi connectivity index (χ1) is 7.09. The van der Waals surface area contributed by atoms with Gasteiger partial charge in [0.2, 0.25) is 0 Å². The summed E-state index contributed by atoms with van der Waals surface area (Å²) in [6.45, 7) is 1.94. The van der Waals surface area contributed by atoms with Gasteiger partial charge in [0.05, 0.1) is 0 Å². The summed E-state index contributed by atoms with van der Waals surface area (Å²) in [5.41, 5.74) is 8.05. The van der Waals surface area contributed by atoms with Crippen LogP contribution >= 0.6 is 0 Å². The topological polar surface area (TPSA) is 46.3 Å². The number of nitrogens with zero attached hydrogens (tertiary/aromatic N) is 1. The molecule has 1 fully saturated rings. The Morgan fingerprint density at radius 3 is 2.73 bits per heavy atom. The van der Waals surface area contributed by atoms with Gasteiger partial charge in [-0.15, -0.1) is 0 Å². The van der Waals surface area contributed by atoms with Gasteiger partial charge in [0.15, 0.2) is 0 Å². The predicted molar refractivity (Wildman–Crippen MR) is 60.7 cm³/mol. The van der Waals surface area contributed by atoms with Crippen LogP contribution in [0.25, 0.3) is 0 Å². The predicted octanol–water partition coefficient (Wildman–Crippen LogP) is 1.81. The van der Waals surface area contributed by atoms with Crippen LogP contribution in [0.4, 0.5) is 5.69 Å². The summed E-state index contributed by atoms with van der Waals surface area (Å²) in [6, 6.07) is 5.92. The highest BCUT2D eigenvalue weighted by atomic mass is 16.2. The van der Waals surface area contributed by atoms with Crippen LogP contribution in [-0.4, -0.2) is 23.9 Å². The number of hydrogen-bond acceptors (Lipinski definition) is 2. The Kier molecular flexibility index (Phi) is 2.39. The van der Waals surface area contributed by atoms with Crippen molar-refractivity contribution in [2.24, 2.45) is 0 Å².